The van der Waals surface area contributed by atoms with Crippen LogP contribution in [0.1, 0.15) is 10.4 Å². The maximum absolute atomic E-state index is 11.5. The Morgan fingerprint density at radius 2 is 1.80 bits per heavy atom. The number of benzene rings is 2. The Balaban J connectivity index is 1.92. The molecule has 126 valence electrons. The van der Waals surface area contributed by atoms with Crippen LogP contribution in [0.15, 0.2) is 54.6 Å². The number of hydrogen-bond donors (Lipinski definition) is 0. The predicted molar refractivity (Wildman–Crippen MR) is 99.7 cm³/mol. The zero-order valence-electron chi connectivity index (χ0n) is 13.0. The Kier molecular flexibility index (Phi) is 4.79. The van der Waals surface area contributed by atoms with E-state index in [2.05, 4.69) is 32.4 Å². The third kappa shape index (κ3) is 3.53. The van der Waals surface area contributed by atoms with E-state index < -0.39 is 10.9 Å². The van der Waals surface area contributed by atoms with Crippen LogP contribution in [0.4, 0.5) is 5.69 Å². The number of esters is 1. The molecule has 0 unspecified atom stereocenters. The minimum absolute atomic E-state index is 0.0320. The van der Waals surface area contributed by atoms with Crippen LogP contribution in [0.3, 0.4) is 0 Å². The van der Waals surface area contributed by atoms with Crippen molar-refractivity contribution in [2.45, 2.75) is 0 Å². The number of rotatable bonds is 4. The molecule has 0 fully saturated rings. The number of nitrogens with zero attached hydrogens (tertiary/aromatic N) is 3. The summed E-state index contributed by atoms with van der Waals surface area (Å²) in [6.07, 6.45) is 0. The molecular formula is C17H12IN3O4. The highest BCUT2D eigenvalue weighted by atomic mass is 127. The van der Waals surface area contributed by atoms with Crippen molar-refractivity contribution in [3.8, 4) is 16.9 Å². The molecule has 0 N–H and O–H groups in total. The van der Waals surface area contributed by atoms with E-state index in [0.29, 0.717) is 5.56 Å². The molecule has 2 aromatic carbocycles. The highest BCUT2D eigenvalue weighted by Gasteiger charge is 2.12. The normalized spacial score (nSPS) is 10.5. The Hall–Kier alpha value is -2.75. The molecule has 3 rings (SSSR count). The van der Waals surface area contributed by atoms with E-state index >= 15 is 0 Å². The Bertz CT molecular complexity index is 934. The summed E-state index contributed by atoms with van der Waals surface area (Å²) in [7, 11) is 1.34. The maximum atomic E-state index is 11.5. The van der Waals surface area contributed by atoms with Crippen LogP contribution < -0.4 is 0 Å². The summed E-state index contributed by atoms with van der Waals surface area (Å²) < 4.78 is 7.24. The summed E-state index contributed by atoms with van der Waals surface area (Å²) in [5.41, 5.74) is 2.82. The fourth-order valence-electron chi connectivity index (χ4n) is 2.29. The van der Waals surface area contributed by atoms with Crippen molar-refractivity contribution < 1.29 is 14.5 Å². The van der Waals surface area contributed by atoms with E-state index in [1.54, 1.807) is 41.1 Å². The van der Waals surface area contributed by atoms with E-state index in [1.807, 2.05) is 6.07 Å². The number of non-ortho nitro benzene ring substituents is 1. The number of nitro benzene ring substituents is 1. The van der Waals surface area contributed by atoms with Gasteiger partial charge < -0.3 is 4.74 Å². The molecule has 25 heavy (non-hydrogen) atoms. The van der Waals surface area contributed by atoms with Crippen molar-refractivity contribution in [3.63, 3.8) is 0 Å². The molecule has 3 aromatic rings. The molecule has 0 aliphatic rings. The van der Waals surface area contributed by atoms with Gasteiger partial charge in [0.05, 0.1) is 29.0 Å². The van der Waals surface area contributed by atoms with E-state index in [1.165, 1.54) is 19.2 Å². The topological polar surface area (TPSA) is 87.3 Å². The van der Waals surface area contributed by atoms with Gasteiger partial charge in [-0.05, 0) is 52.9 Å². The lowest BCUT2D eigenvalue weighted by Gasteiger charge is -2.03. The highest BCUT2D eigenvalue weighted by molar-refractivity contribution is 14.1. The van der Waals surface area contributed by atoms with Gasteiger partial charge in [-0.15, -0.1) is 0 Å². The van der Waals surface area contributed by atoms with Gasteiger partial charge >= 0.3 is 5.97 Å². The van der Waals surface area contributed by atoms with Crippen molar-refractivity contribution in [3.05, 3.63) is 74.0 Å². The van der Waals surface area contributed by atoms with Gasteiger partial charge in [0.2, 0.25) is 0 Å². The molecule has 0 atom stereocenters. The van der Waals surface area contributed by atoms with Crippen LogP contribution in [0, 0.1) is 13.8 Å². The fraction of sp³-hybridized carbons (Fsp3) is 0.0588. The first kappa shape index (κ1) is 17.1. The zero-order valence-corrected chi connectivity index (χ0v) is 15.2. The van der Waals surface area contributed by atoms with Gasteiger partial charge in [-0.25, -0.2) is 9.48 Å². The second-order valence-electron chi connectivity index (χ2n) is 5.11. The van der Waals surface area contributed by atoms with Crippen molar-refractivity contribution >= 4 is 34.2 Å². The molecule has 1 aromatic heterocycles. The second-order valence-corrected chi connectivity index (χ2v) is 6.21. The van der Waals surface area contributed by atoms with E-state index in [4.69, 9.17) is 0 Å². The Morgan fingerprint density at radius 3 is 2.36 bits per heavy atom. The van der Waals surface area contributed by atoms with Gasteiger partial charge in [-0.3, -0.25) is 10.1 Å². The molecule has 8 heteroatoms. The molecule has 1 heterocycles. The van der Waals surface area contributed by atoms with Crippen LogP contribution in [0.2, 0.25) is 0 Å². The smallest absolute Gasteiger partial charge is 0.337 e. The Labute approximate surface area is 156 Å². The first-order chi connectivity index (χ1) is 12.0. The third-order valence-corrected chi connectivity index (χ3v) is 4.34. The lowest BCUT2D eigenvalue weighted by Crippen LogP contribution is -2.00. The lowest BCUT2D eigenvalue weighted by atomic mass is 10.1. The van der Waals surface area contributed by atoms with Crippen molar-refractivity contribution in [1.82, 2.24) is 9.78 Å². The van der Waals surface area contributed by atoms with Crippen LogP contribution in [0.25, 0.3) is 16.9 Å². The molecule has 0 saturated heterocycles. The van der Waals surface area contributed by atoms with Crippen molar-refractivity contribution in [2.75, 3.05) is 7.11 Å². The number of carbonyl (C=O) groups excluding carboxylic acids is 1. The quantitative estimate of drug-likeness (QED) is 0.262. The molecule has 0 aliphatic carbocycles. The SMILES string of the molecule is COC(=O)c1ccc(-c2cc(I)n(-c3ccc([N+](=O)[O-])cc3)n2)cc1. The average Bonchev–Trinajstić information content (AvgIpc) is 3.03. The number of halogens is 1. The van der Waals surface area contributed by atoms with Gasteiger partial charge in [0, 0.05) is 17.7 Å². The van der Waals surface area contributed by atoms with E-state index in [0.717, 1.165) is 20.6 Å². The van der Waals surface area contributed by atoms with Gasteiger partial charge in [0.25, 0.3) is 5.69 Å². The number of carbonyl (C=O) groups is 1. The minimum atomic E-state index is -0.438. The molecule has 0 aliphatic heterocycles. The van der Waals surface area contributed by atoms with Crippen molar-refractivity contribution in [1.29, 1.82) is 0 Å². The first-order valence-corrected chi connectivity index (χ1v) is 8.26. The average molecular weight is 449 g/mol. The molecule has 0 spiro atoms. The summed E-state index contributed by atoms with van der Waals surface area (Å²) >= 11 is 2.15. The number of aromatic nitrogens is 2. The summed E-state index contributed by atoms with van der Waals surface area (Å²) in [5.74, 6) is -0.391. The van der Waals surface area contributed by atoms with Gasteiger partial charge in [0.1, 0.15) is 3.70 Å². The highest BCUT2D eigenvalue weighted by Crippen LogP contribution is 2.24. The Morgan fingerprint density at radius 1 is 1.16 bits per heavy atom. The number of hydrogen-bond acceptors (Lipinski definition) is 5. The summed E-state index contributed by atoms with van der Waals surface area (Å²) in [6, 6.07) is 15.0. The van der Waals surface area contributed by atoms with Gasteiger partial charge in [0.15, 0.2) is 0 Å². The molecule has 0 amide bonds. The molecular weight excluding hydrogens is 437 g/mol. The van der Waals surface area contributed by atoms with Gasteiger partial charge in [-0.2, -0.15) is 5.10 Å². The zero-order chi connectivity index (χ0) is 18.0. The first-order valence-electron chi connectivity index (χ1n) is 7.19. The molecule has 7 nitrogen and oxygen atoms in total. The minimum Gasteiger partial charge on any atom is -0.465 e. The number of methoxy groups -OCH3 is 1. The lowest BCUT2D eigenvalue weighted by molar-refractivity contribution is -0.384. The summed E-state index contributed by atoms with van der Waals surface area (Å²) in [5, 5.41) is 15.3. The van der Waals surface area contributed by atoms with E-state index in [-0.39, 0.29) is 5.69 Å². The standard InChI is InChI=1S/C17H12IN3O4/c1-25-17(22)12-4-2-11(3-5-12)15-10-16(18)20(19-15)13-6-8-14(9-7-13)21(23)24/h2-10H,1H3. The molecule has 0 radical (unpaired) electrons. The molecule has 0 bridgehead atoms. The van der Waals surface area contributed by atoms with Gasteiger partial charge in [-0.1, -0.05) is 12.1 Å². The van der Waals surface area contributed by atoms with E-state index in [9.17, 15) is 14.9 Å². The predicted octanol–water partition coefficient (Wildman–Crippen LogP) is 3.84. The maximum Gasteiger partial charge on any atom is 0.337 e. The number of ether oxygens (including phenoxy) is 1. The fourth-order valence-corrected chi connectivity index (χ4v) is 2.97. The molecule has 0 saturated carbocycles. The monoisotopic (exact) mass is 449 g/mol. The van der Waals surface area contributed by atoms with Crippen molar-refractivity contribution in [2.24, 2.45) is 0 Å². The second kappa shape index (κ2) is 7.01. The summed E-state index contributed by atoms with van der Waals surface area (Å²) in [6.45, 7) is 0. The van der Waals surface area contributed by atoms with Crippen LogP contribution in [-0.4, -0.2) is 27.8 Å². The number of nitro groups is 1. The van der Waals surface area contributed by atoms with Crippen LogP contribution in [0.5, 0.6) is 0 Å². The third-order valence-electron chi connectivity index (χ3n) is 3.57. The van der Waals surface area contributed by atoms with Crippen LogP contribution in [-0.2, 0) is 4.74 Å². The largest absolute Gasteiger partial charge is 0.465 e. The van der Waals surface area contributed by atoms with Crippen LogP contribution >= 0.6 is 22.6 Å². The summed E-state index contributed by atoms with van der Waals surface area (Å²) in [4.78, 5) is 21.8.